The van der Waals surface area contributed by atoms with E-state index in [1.165, 1.54) is 6.07 Å². The van der Waals surface area contributed by atoms with E-state index in [1.807, 2.05) is 48.5 Å². The Bertz CT molecular complexity index is 1030. The Labute approximate surface area is 157 Å². The Balaban J connectivity index is 1.36. The van der Waals surface area contributed by atoms with E-state index in [1.54, 1.807) is 6.07 Å². The lowest BCUT2D eigenvalue weighted by Crippen LogP contribution is -2.39. The van der Waals surface area contributed by atoms with Gasteiger partial charge in [-0.15, -0.1) is 0 Å². The lowest BCUT2D eigenvalue weighted by molar-refractivity contribution is 0.0209. The Kier molecular flexibility index (Phi) is 4.03. The highest BCUT2D eigenvalue weighted by Gasteiger charge is 2.40. The smallest absolute Gasteiger partial charge is 0.164 e. The summed E-state index contributed by atoms with van der Waals surface area (Å²) in [6.07, 6.45) is 0.834. The van der Waals surface area contributed by atoms with Gasteiger partial charge in [-0.3, -0.25) is 9.69 Å². The minimum absolute atomic E-state index is 0.0328. The number of fused-ring (bicyclic) bond motifs is 4. The predicted molar refractivity (Wildman–Crippen MR) is 102 cm³/mol. The van der Waals surface area contributed by atoms with Gasteiger partial charge >= 0.3 is 0 Å². The van der Waals surface area contributed by atoms with Gasteiger partial charge in [0, 0.05) is 30.1 Å². The molecular formula is C23H20FNO2. The lowest BCUT2D eigenvalue weighted by atomic mass is 9.95. The number of carbonyl (C=O) groups excluding carboxylic acids is 1. The standard InChI is InChI=1S/C23H20FNO2/c24-21-7-3-6-20-19(21)10-11-25-18(14-27-23(20)25)13-22(26)17-9-8-15-4-1-2-5-16(15)12-17/h1-9,12,18,23H,10-11,13-14H2. The van der Waals surface area contributed by atoms with Gasteiger partial charge in [0.05, 0.1) is 6.61 Å². The van der Waals surface area contributed by atoms with Gasteiger partial charge in [-0.25, -0.2) is 4.39 Å². The zero-order valence-corrected chi connectivity index (χ0v) is 14.9. The van der Waals surface area contributed by atoms with E-state index in [9.17, 15) is 9.18 Å². The molecule has 0 aromatic heterocycles. The van der Waals surface area contributed by atoms with Crippen molar-refractivity contribution in [2.75, 3.05) is 13.2 Å². The molecule has 2 aliphatic heterocycles. The number of ether oxygens (including phenoxy) is 1. The molecule has 1 fully saturated rings. The van der Waals surface area contributed by atoms with Gasteiger partial charge in [0.1, 0.15) is 12.0 Å². The van der Waals surface area contributed by atoms with Gasteiger partial charge in [0.2, 0.25) is 0 Å². The second kappa shape index (κ2) is 6.55. The Hall–Kier alpha value is -2.56. The summed E-state index contributed by atoms with van der Waals surface area (Å²) in [5, 5.41) is 2.21. The van der Waals surface area contributed by atoms with E-state index in [4.69, 9.17) is 4.74 Å². The Morgan fingerprint density at radius 1 is 1.07 bits per heavy atom. The first-order chi connectivity index (χ1) is 13.2. The monoisotopic (exact) mass is 361 g/mol. The van der Waals surface area contributed by atoms with Crippen LogP contribution in [0.2, 0.25) is 0 Å². The quantitative estimate of drug-likeness (QED) is 0.643. The van der Waals surface area contributed by atoms with Crippen LogP contribution in [0.3, 0.4) is 0 Å². The number of hydrogen-bond donors (Lipinski definition) is 0. The van der Waals surface area contributed by atoms with E-state index in [0.29, 0.717) is 26.0 Å². The largest absolute Gasteiger partial charge is 0.357 e. The van der Waals surface area contributed by atoms with Crippen molar-refractivity contribution in [3.8, 4) is 0 Å². The maximum absolute atomic E-state index is 14.1. The van der Waals surface area contributed by atoms with Crippen molar-refractivity contribution >= 4 is 16.6 Å². The molecule has 3 nitrogen and oxygen atoms in total. The molecule has 0 radical (unpaired) electrons. The highest BCUT2D eigenvalue weighted by atomic mass is 19.1. The van der Waals surface area contributed by atoms with Gasteiger partial charge in [-0.05, 0) is 34.9 Å². The van der Waals surface area contributed by atoms with Gasteiger partial charge in [0.15, 0.2) is 5.78 Å². The molecule has 4 heteroatoms. The minimum atomic E-state index is -0.237. The summed E-state index contributed by atoms with van der Waals surface area (Å²) in [5.74, 6) is -0.0357. The second-order valence-corrected chi connectivity index (χ2v) is 7.32. The molecule has 0 N–H and O–H groups in total. The number of ketones is 1. The number of rotatable bonds is 3. The number of benzene rings is 3. The number of nitrogens with zero attached hydrogens (tertiary/aromatic N) is 1. The Morgan fingerprint density at radius 2 is 1.93 bits per heavy atom. The molecule has 0 saturated carbocycles. The summed E-state index contributed by atoms with van der Waals surface area (Å²) in [4.78, 5) is 15.1. The van der Waals surface area contributed by atoms with Crippen molar-refractivity contribution in [1.29, 1.82) is 0 Å². The van der Waals surface area contributed by atoms with E-state index < -0.39 is 0 Å². The number of Topliss-reactive ketones (excluding diaryl/α,β-unsaturated/α-hetero) is 1. The van der Waals surface area contributed by atoms with Crippen molar-refractivity contribution in [1.82, 2.24) is 4.90 Å². The van der Waals surface area contributed by atoms with Crippen LogP contribution in [0, 0.1) is 5.82 Å². The van der Waals surface area contributed by atoms with E-state index >= 15 is 0 Å². The average molecular weight is 361 g/mol. The van der Waals surface area contributed by atoms with Crippen molar-refractivity contribution in [3.05, 3.63) is 83.2 Å². The molecule has 2 aliphatic rings. The lowest BCUT2D eigenvalue weighted by Gasteiger charge is -2.33. The van der Waals surface area contributed by atoms with Crippen LogP contribution < -0.4 is 0 Å². The van der Waals surface area contributed by atoms with Gasteiger partial charge in [-0.2, -0.15) is 0 Å². The van der Waals surface area contributed by atoms with E-state index in [0.717, 1.165) is 27.5 Å². The molecule has 3 aromatic rings. The predicted octanol–water partition coefficient (Wildman–Crippen LogP) is 4.51. The Morgan fingerprint density at radius 3 is 2.81 bits per heavy atom. The highest BCUT2D eigenvalue weighted by Crippen LogP contribution is 2.38. The number of halogens is 1. The summed E-state index contributed by atoms with van der Waals surface area (Å²) in [6, 6.07) is 19.1. The van der Waals surface area contributed by atoms with Crippen molar-refractivity contribution in [2.24, 2.45) is 0 Å². The van der Waals surface area contributed by atoms with Gasteiger partial charge in [-0.1, -0.05) is 48.5 Å². The molecule has 136 valence electrons. The summed E-state index contributed by atoms with van der Waals surface area (Å²) in [5.41, 5.74) is 2.39. The third-order valence-corrected chi connectivity index (χ3v) is 5.75. The molecule has 0 spiro atoms. The number of hydrogen-bond acceptors (Lipinski definition) is 3. The van der Waals surface area contributed by atoms with Crippen molar-refractivity contribution < 1.29 is 13.9 Å². The van der Waals surface area contributed by atoms with Crippen LogP contribution in [0.25, 0.3) is 10.8 Å². The molecule has 0 aliphatic carbocycles. The zero-order valence-electron chi connectivity index (χ0n) is 14.9. The fraction of sp³-hybridized carbons (Fsp3) is 0.261. The van der Waals surface area contributed by atoms with Crippen LogP contribution in [-0.4, -0.2) is 29.9 Å². The van der Waals surface area contributed by atoms with Crippen LogP contribution in [0.15, 0.2) is 60.7 Å². The van der Waals surface area contributed by atoms with Crippen molar-refractivity contribution in [3.63, 3.8) is 0 Å². The first-order valence-corrected chi connectivity index (χ1v) is 9.37. The van der Waals surface area contributed by atoms with Crippen LogP contribution in [0.5, 0.6) is 0 Å². The zero-order chi connectivity index (χ0) is 18.4. The molecule has 27 heavy (non-hydrogen) atoms. The molecule has 5 rings (SSSR count). The second-order valence-electron chi connectivity index (χ2n) is 7.32. The van der Waals surface area contributed by atoms with Gasteiger partial charge in [0.25, 0.3) is 0 Å². The SMILES string of the molecule is O=C(CC1COC2c3cccc(F)c3CCN12)c1ccc2ccccc2c1. The molecule has 1 saturated heterocycles. The van der Waals surface area contributed by atoms with Crippen LogP contribution in [0.4, 0.5) is 4.39 Å². The summed E-state index contributed by atoms with van der Waals surface area (Å²) in [6.45, 7) is 1.22. The molecule has 0 bridgehead atoms. The molecule has 3 aromatic carbocycles. The van der Waals surface area contributed by atoms with Crippen molar-refractivity contribution in [2.45, 2.75) is 25.1 Å². The fourth-order valence-corrected chi connectivity index (χ4v) is 4.34. The summed E-state index contributed by atoms with van der Waals surface area (Å²) >= 11 is 0. The first kappa shape index (κ1) is 16.6. The third-order valence-electron chi connectivity index (χ3n) is 5.75. The average Bonchev–Trinajstić information content (AvgIpc) is 3.11. The maximum Gasteiger partial charge on any atom is 0.164 e. The highest BCUT2D eigenvalue weighted by molar-refractivity contribution is 6.00. The molecular weight excluding hydrogens is 341 g/mol. The molecule has 2 unspecified atom stereocenters. The summed E-state index contributed by atoms with van der Waals surface area (Å²) < 4.78 is 20.0. The topological polar surface area (TPSA) is 29.5 Å². The van der Waals surface area contributed by atoms with Crippen LogP contribution >= 0.6 is 0 Å². The normalized spacial score (nSPS) is 21.8. The van der Waals surface area contributed by atoms with E-state index in [2.05, 4.69) is 4.90 Å². The maximum atomic E-state index is 14.1. The fourth-order valence-electron chi connectivity index (χ4n) is 4.34. The third kappa shape index (κ3) is 2.85. The van der Waals surface area contributed by atoms with Gasteiger partial charge < -0.3 is 4.74 Å². The van der Waals surface area contributed by atoms with Crippen LogP contribution in [0.1, 0.15) is 34.1 Å². The summed E-state index contributed by atoms with van der Waals surface area (Å²) in [7, 11) is 0. The first-order valence-electron chi connectivity index (χ1n) is 9.37. The molecule has 2 atom stereocenters. The molecule has 2 heterocycles. The minimum Gasteiger partial charge on any atom is -0.357 e. The van der Waals surface area contributed by atoms with E-state index in [-0.39, 0.29) is 23.9 Å². The number of carbonyl (C=O) groups is 1. The van der Waals surface area contributed by atoms with Crippen LogP contribution in [-0.2, 0) is 11.2 Å². The molecule has 0 amide bonds.